The highest BCUT2D eigenvalue weighted by atomic mass is 127. The average Bonchev–Trinajstić information content (AvgIpc) is 2.49. The molecule has 8 heteroatoms. The summed E-state index contributed by atoms with van der Waals surface area (Å²) < 4.78 is 27.1. The summed E-state index contributed by atoms with van der Waals surface area (Å²) in [7, 11) is -1.21. The van der Waals surface area contributed by atoms with E-state index in [1.54, 1.807) is 12.6 Å². The Bertz CT molecular complexity index is 478. The zero-order valence-corrected chi connectivity index (χ0v) is 17.3. The van der Waals surface area contributed by atoms with Crippen molar-refractivity contribution in [3.8, 4) is 0 Å². The fraction of sp³-hybridized carbons (Fsp3) is 0.800. The van der Waals surface area contributed by atoms with Crippen molar-refractivity contribution in [3.63, 3.8) is 0 Å². The zero-order valence-electron chi connectivity index (χ0n) is 14.1. The third kappa shape index (κ3) is 12.7. The number of rotatable bonds is 9. The van der Waals surface area contributed by atoms with Crippen molar-refractivity contribution in [1.82, 2.24) is 10.6 Å². The summed E-state index contributed by atoms with van der Waals surface area (Å²) in [6.45, 7) is 2.18. The molecule has 0 unspecified atom stereocenters. The zero-order chi connectivity index (χ0) is 16.3. The molecule has 136 valence electrons. The minimum atomic E-state index is -2.94. The van der Waals surface area contributed by atoms with Gasteiger partial charge in [-0.05, 0) is 32.1 Å². The molecule has 0 aliphatic heterocycles. The summed E-state index contributed by atoms with van der Waals surface area (Å²) in [5.41, 5.74) is 1.54. The minimum absolute atomic E-state index is 0. The number of hydrogen-bond donors (Lipinski definition) is 2. The smallest absolute Gasteiger partial charge is 0.191 e. The van der Waals surface area contributed by atoms with Gasteiger partial charge < -0.3 is 15.4 Å². The third-order valence-corrected chi connectivity index (χ3v) is 4.39. The van der Waals surface area contributed by atoms with E-state index >= 15 is 0 Å². The minimum Gasteiger partial charge on any atom is -0.379 e. The Morgan fingerprint density at radius 2 is 2.00 bits per heavy atom. The molecular weight excluding hydrogens is 429 g/mol. The van der Waals surface area contributed by atoms with Crippen LogP contribution in [0.3, 0.4) is 0 Å². The van der Waals surface area contributed by atoms with Crippen LogP contribution in [-0.2, 0) is 14.6 Å². The molecule has 1 rings (SSSR count). The lowest BCUT2D eigenvalue weighted by molar-refractivity contribution is 0.154. The molecule has 0 fully saturated rings. The summed E-state index contributed by atoms with van der Waals surface area (Å²) in [5.74, 6) is 0.817. The average molecular weight is 459 g/mol. The van der Waals surface area contributed by atoms with Gasteiger partial charge in [-0.15, -0.1) is 24.0 Å². The second-order valence-electron chi connectivity index (χ2n) is 5.53. The molecule has 0 heterocycles. The molecular formula is C15H30IN3O3S. The lowest BCUT2D eigenvalue weighted by atomic mass is 9.97. The number of nitrogens with zero attached hydrogens (tertiary/aromatic N) is 1. The molecule has 0 atom stereocenters. The van der Waals surface area contributed by atoms with Gasteiger partial charge >= 0.3 is 0 Å². The van der Waals surface area contributed by atoms with Crippen LogP contribution in [0.15, 0.2) is 16.6 Å². The molecule has 0 saturated carbocycles. The fourth-order valence-corrected chi connectivity index (χ4v) is 2.67. The molecule has 2 N–H and O–H groups in total. The Morgan fingerprint density at radius 1 is 1.26 bits per heavy atom. The van der Waals surface area contributed by atoms with Gasteiger partial charge in [0.2, 0.25) is 0 Å². The van der Waals surface area contributed by atoms with Crippen molar-refractivity contribution in [3.05, 3.63) is 11.6 Å². The first-order valence-corrected chi connectivity index (χ1v) is 9.95. The molecule has 0 spiro atoms. The summed E-state index contributed by atoms with van der Waals surface area (Å²) in [6.07, 6.45) is 9.70. The Hall–Kier alpha value is -0.350. The highest BCUT2D eigenvalue weighted by Crippen LogP contribution is 2.19. The Labute approximate surface area is 157 Å². The molecule has 0 aromatic heterocycles. The molecule has 1 aliphatic carbocycles. The second-order valence-corrected chi connectivity index (χ2v) is 7.79. The van der Waals surface area contributed by atoms with Crippen LogP contribution in [0.5, 0.6) is 0 Å². The van der Waals surface area contributed by atoms with E-state index in [4.69, 9.17) is 4.74 Å². The lowest BCUT2D eigenvalue weighted by Gasteiger charge is -2.15. The molecule has 0 aromatic rings. The van der Waals surface area contributed by atoms with Gasteiger partial charge in [0.1, 0.15) is 9.84 Å². The number of sulfone groups is 1. The van der Waals surface area contributed by atoms with Gasteiger partial charge in [0.15, 0.2) is 5.96 Å². The van der Waals surface area contributed by atoms with Crippen LogP contribution in [0.2, 0.25) is 0 Å². The van der Waals surface area contributed by atoms with E-state index in [1.807, 2.05) is 0 Å². The maximum absolute atomic E-state index is 10.9. The third-order valence-electron chi connectivity index (χ3n) is 3.48. The van der Waals surface area contributed by atoms with Crippen molar-refractivity contribution in [2.45, 2.75) is 32.1 Å². The number of nitrogens with one attached hydrogen (secondary N) is 2. The maximum Gasteiger partial charge on any atom is 0.191 e. The number of allylic oxidation sites excluding steroid dienone is 1. The van der Waals surface area contributed by atoms with E-state index in [0.29, 0.717) is 13.2 Å². The van der Waals surface area contributed by atoms with E-state index in [-0.39, 0.29) is 36.3 Å². The van der Waals surface area contributed by atoms with E-state index in [1.165, 1.54) is 31.9 Å². The monoisotopic (exact) mass is 459 g/mol. The van der Waals surface area contributed by atoms with Gasteiger partial charge in [-0.25, -0.2) is 8.42 Å². The lowest BCUT2D eigenvalue weighted by Crippen LogP contribution is -2.39. The number of ether oxygens (including phenoxy) is 1. The van der Waals surface area contributed by atoms with Gasteiger partial charge in [0, 0.05) is 26.4 Å². The van der Waals surface area contributed by atoms with Crippen LogP contribution in [0.4, 0.5) is 0 Å². The van der Waals surface area contributed by atoms with Crippen LogP contribution in [0.25, 0.3) is 0 Å². The van der Waals surface area contributed by atoms with Gasteiger partial charge in [0.25, 0.3) is 0 Å². The molecule has 0 amide bonds. The number of halogens is 1. The number of guanidine groups is 1. The fourth-order valence-electron chi connectivity index (χ4n) is 2.25. The van der Waals surface area contributed by atoms with Crippen LogP contribution >= 0.6 is 24.0 Å². The van der Waals surface area contributed by atoms with Crippen LogP contribution in [-0.4, -0.2) is 59.7 Å². The molecule has 0 bridgehead atoms. The Balaban J connectivity index is 0.00000484. The van der Waals surface area contributed by atoms with Gasteiger partial charge in [-0.1, -0.05) is 11.6 Å². The Kier molecular flexibility index (Phi) is 12.8. The van der Waals surface area contributed by atoms with Gasteiger partial charge in [-0.3, -0.25) is 4.99 Å². The second kappa shape index (κ2) is 13.0. The predicted molar refractivity (Wildman–Crippen MR) is 106 cm³/mol. The summed E-state index contributed by atoms with van der Waals surface area (Å²) in [5, 5.41) is 6.43. The molecule has 6 nitrogen and oxygen atoms in total. The molecule has 0 saturated heterocycles. The highest BCUT2D eigenvalue weighted by Gasteiger charge is 2.04. The molecule has 0 radical (unpaired) electrons. The molecule has 23 heavy (non-hydrogen) atoms. The SMILES string of the molecule is CN=C(NCCOCCS(C)(=O)=O)NCCC1=CCCCC1.I. The number of hydrogen-bond acceptors (Lipinski definition) is 4. The predicted octanol–water partition coefficient (Wildman–Crippen LogP) is 1.72. The largest absolute Gasteiger partial charge is 0.379 e. The summed E-state index contributed by atoms with van der Waals surface area (Å²) in [6, 6.07) is 0. The van der Waals surface area contributed by atoms with E-state index in [0.717, 1.165) is 18.9 Å². The highest BCUT2D eigenvalue weighted by molar-refractivity contribution is 14.0. The summed E-state index contributed by atoms with van der Waals surface area (Å²) in [4.78, 5) is 4.15. The number of aliphatic imine (C=N–C) groups is 1. The van der Waals surface area contributed by atoms with Crippen LogP contribution in [0.1, 0.15) is 32.1 Å². The molecule has 0 aromatic carbocycles. The van der Waals surface area contributed by atoms with Gasteiger partial charge in [-0.2, -0.15) is 0 Å². The van der Waals surface area contributed by atoms with Crippen LogP contribution in [0, 0.1) is 0 Å². The van der Waals surface area contributed by atoms with Crippen molar-refractivity contribution < 1.29 is 13.2 Å². The van der Waals surface area contributed by atoms with Crippen LogP contribution < -0.4 is 10.6 Å². The van der Waals surface area contributed by atoms with E-state index < -0.39 is 9.84 Å². The van der Waals surface area contributed by atoms with E-state index in [9.17, 15) is 8.42 Å². The van der Waals surface area contributed by atoms with E-state index in [2.05, 4.69) is 21.7 Å². The first kappa shape index (κ1) is 22.6. The maximum atomic E-state index is 10.9. The quantitative estimate of drug-likeness (QED) is 0.181. The first-order chi connectivity index (χ1) is 10.5. The first-order valence-electron chi connectivity index (χ1n) is 7.89. The van der Waals surface area contributed by atoms with Crippen molar-refractivity contribution in [2.24, 2.45) is 4.99 Å². The van der Waals surface area contributed by atoms with Crippen molar-refractivity contribution in [1.29, 1.82) is 0 Å². The standard InChI is InChI=1S/C15H29N3O3S.HI/c1-16-15(17-9-8-14-6-4-3-5-7-14)18-10-11-21-12-13-22(2,19)20;/h6H,3-5,7-13H2,1-2H3,(H2,16,17,18);1H. The normalized spacial score (nSPS) is 15.6. The topological polar surface area (TPSA) is 79.8 Å². The van der Waals surface area contributed by atoms with Crippen molar-refractivity contribution in [2.75, 3.05) is 45.4 Å². The Morgan fingerprint density at radius 3 is 2.61 bits per heavy atom. The van der Waals surface area contributed by atoms with Gasteiger partial charge in [0.05, 0.1) is 19.0 Å². The molecule has 1 aliphatic rings. The summed E-state index contributed by atoms with van der Waals surface area (Å²) >= 11 is 0. The van der Waals surface area contributed by atoms with Crippen molar-refractivity contribution >= 4 is 39.8 Å².